The maximum atomic E-state index is 8.88. The Hall–Kier alpha value is -1.31. The van der Waals surface area contributed by atoms with Crippen LogP contribution in [0.15, 0.2) is 39.3 Å². The lowest BCUT2D eigenvalue weighted by atomic mass is 10.1. The Morgan fingerprint density at radius 2 is 1.75 bits per heavy atom. The zero-order valence-electron chi connectivity index (χ0n) is 11.3. The van der Waals surface area contributed by atoms with Crippen LogP contribution in [0.25, 0.3) is 0 Å². The molecule has 2 rings (SSSR count). The number of nitrogens with zero attached hydrogens (tertiary/aromatic N) is 1. The Bertz CT molecular complexity index is 664. The van der Waals surface area contributed by atoms with Crippen LogP contribution in [0.1, 0.15) is 22.3 Å². The summed E-state index contributed by atoms with van der Waals surface area (Å²) in [7, 11) is 0. The fraction of sp³-hybridized carbons (Fsp3) is 0.188. The van der Waals surface area contributed by atoms with Gasteiger partial charge in [-0.3, -0.25) is 0 Å². The molecule has 0 aliphatic carbocycles. The van der Waals surface area contributed by atoms with Crippen molar-refractivity contribution in [2.75, 3.05) is 5.32 Å². The van der Waals surface area contributed by atoms with Gasteiger partial charge in [0.2, 0.25) is 0 Å². The Morgan fingerprint density at radius 1 is 1.10 bits per heavy atom. The molecule has 4 heteroatoms. The number of hydrogen-bond acceptors (Lipinski definition) is 2. The van der Waals surface area contributed by atoms with Crippen molar-refractivity contribution in [1.82, 2.24) is 0 Å². The van der Waals surface area contributed by atoms with Crippen molar-refractivity contribution in [1.29, 1.82) is 5.26 Å². The molecule has 0 radical (unpaired) electrons. The number of nitrogens with one attached hydrogen (secondary N) is 1. The molecule has 0 spiro atoms. The van der Waals surface area contributed by atoms with Crippen molar-refractivity contribution in [3.63, 3.8) is 0 Å². The zero-order chi connectivity index (χ0) is 14.7. The van der Waals surface area contributed by atoms with E-state index in [4.69, 9.17) is 5.26 Å². The Balaban J connectivity index is 2.20. The Kier molecular flexibility index (Phi) is 4.85. The lowest BCUT2D eigenvalue weighted by Crippen LogP contribution is -2.03. The summed E-state index contributed by atoms with van der Waals surface area (Å²) in [5.41, 5.74) is 5.24. The number of anilines is 1. The normalized spacial score (nSPS) is 10.2. The molecular formula is C16H14Br2N2. The topological polar surface area (TPSA) is 35.8 Å². The van der Waals surface area contributed by atoms with Crippen LogP contribution in [0, 0.1) is 25.2 Å². The Labute approximate surface area is 136 Å². The fourth-order valence-corrected chi connectivity index (χ4v) is 3.71. The molecular weight excluding hydrogens is 380 g/mol. The van der Waals surface area contributed by atoms with Gasteiger partial charge in [0.15, 0.2) is 0 Å². The molecule has 0 aliphatic heterocycles. The van der Waals surface area contributed by atoms with E-state index in [9.17, 15) is 0 Å². The minimum Gasteiger partial charge on any atom is -0.379 e. The third-order valence-corrected chi connectivity index (χ3v) is 4.36. The predicted octanol–water partition coefficient (Wildman–Crippen LogP) is 5.31. The highest BCUT2D eigenvalue weighted by molar-refractivity contribution is 9.11. The van der Waals surface area contributed by atoms with E-state index in [1.165, 1.54) is 11.1 Å². The van der Waals surface area contributed by atoms with E-state index in [-0.39, 0.29) is 0 Å². The van der Waals surface area contributed by atoms with Gasteiger partial charge >= 0.3 is 0 Å². The van der Waals surface area contributed by atoms with Crippen LogP contribution in [0.3, 0.4) is 0 Å². The predicted molar refractivity (Wildman–Crippen MR) is 89.8 cm³/mol. The molecule has 2 aromatic rings. The highest BCUT2D eigenvalue weighted by atomic mass is 79.9. The summed E-state index contributed by atoms with van der Waals surface area (Å²) in [4.78, 5) is 0. The van der Waals surface area contributed by atoms with Gasteiger partial charge in [-0.15, -0.1) is 0 Å². The monoisotopic (exact) mass is 392 g/mol. The van der Waals surface area contributed by atoms with Gasteiger partial charge in [0.05, 0.1) is 17.3 Å². The second-order valence-corrected chi connectivity index (χ2v) is 6.42. The SMILES string of the molecule is Cc1cc(Br)c(NCc2ccc(C#N)cc2C)c(Br)c1. The van der Waals surface area contributed by atoms with Crippen LogP contribution in [0.2, 0.25) is 0 Å². The van der Waals surface area contributed by atoms with Crippen LogP contribution in [-0.4, -0.2) is 0 Å². The van der Waals surface area contributed by atoms with Crippen LogP contribution < -0.4 is 5.32 Å². The molecule has 0 saturated carbocycles. The quantitative estimate of drug-likeness (QED) is 0.766. The minimum atomic E-state index is 0.698. The maximum Gasteiger partial charge on any atom is 0.0991 e. The average Bonchev–Trinajstić information content (AvgIpc) is 2.39. The number of nitriles is 1. The molecule has 20 heavy (non-hydrogen) atoms. The molecule has 102 valence electrons. The molecule has 0 aromatic heterocycles. The molecule has 0 unspecified atom stereocenters. The van der Waals surface area contributed by atoms with Gasteiger partial charge in [-0.2, -0.15) is 5.26 Å². The molecule has 0 amide bonds. The van der Waals surface area contributed by atoms with E-state index in [1.54, 1.807) is 0 Å². The summed E-state index contributed by atoms with van der Waals surface area (Å²) in [5.74, 6) is 0. The number of aryl methyl sites for hydroxylation is 2. The first-order valence-electron chi connectivity index (χ1n) is 6.20. The van der Waals surface area contributed by atoms with E-state index in [2.05, 4.69) is 62.3 Å². The van der Waals surface area contributed by atoms with Gasteiger partial charge in [0.25, 0.3) is 0 Å². The van der Waals surface area contributed by atoms with Crippen molar-refractivity contribution in [2.45, 2.75) is 20.4 Å². The highest BCUT2D eigenvalue weighted by Crippen LogP contribution is 2.32. The van der Waals surface area contributed by atoms with Crippen LogP contribution in [0.5, 0.6) is 0 Å². The van der Waals surface area contributed by atoms with E-state index in [1.807, 2.05) is 25.1 Å². The van der Waals surface area contributed by atoms with Crippen molar-refractivity contribution >= 4 is 37.5 Å². The van der Waals surface area contributed by atoms with Crippen molar-refractivity contribution in [3.05, 3.63) is 61.5 Å². The molecule has 2 nitrogen and oxygen atoms in total. The third-order valence-electron chi connectivity index (χ3n) is 3.11. The van der Waals surface area contributed by atoms with E-state index < -0.39 is 0 Å². The van der Waals surface area contributed by atoms with E-state index in [0.29, 0.717) is 5.56 Å². The van der Waals surface area contributed by atoms with Gasteiger partial charge in [-0.25, -0.2) is 0 Å². The highest BCUT2D eigenvalue weighted by Gasteiger charge is 2.07. The van der Waals surface area contributed by atoms with E-state index in [0.717, 1.165) is 26.7 Å². The van der Waals surface area contributed by atoms with Gasteiger partial charge in [-0.05, 0) is 86.7 Å². The molecule has 0 bridgehead atoms. The summed E-state index contributed by atoms with van der Waals surface area (Å²) in [6.45, 7) is 4.80. The second-order valence-electron chi connectivity index (χ2n) is 4.71. The first kappa shape index (κ1) is 15.1. The number of benzene rings is 2. The smallest absolute Gasteiger partial charge is 0.0991 e. The van der Waals surface area contributed by atoms with Crippen molar-refractivity contribution in [3.8, 4) is 6.07 Å². The first-order chi connectivity index (χ1) is 9.51. The average molecular weight is 394 g/mol. The summed E-state index contributed by atoms with van der Waals surface area (Å²) in [6, 6.07) is 12.1. The lowest BCUT2D eigenvalue weighted by molar-refractivity contribution is 1.11. The molecule has 0 atom stereocenters. The maximum absolute atomic E-state index is 8.88. The summed E-state index contributed by atoms with van der Waals surface area (Å²) < 4.78 is 2.08. The zero-order valence-corrected chi connectivity index (χ0v) is 14.5. The summed E-state index contributed by atoms with van der Waals surface area (Å²) in [6.07, 6.45) is 0. The fourth-order valence-electron chi connectivity index (χ4n) is 2.02. The number of hydrogen-bond donors (Lipinski definition) is 1. The molecule has 0 fully saturated rings. The van der Waals surface area contributed by atoms with E-state index >= 15 is 0 Å². The molecule has 0 aliphatic rings. The molecule has 1 N–H and O–H groups in total. The van der Waals surface area contributed by atoms with Crippen LogP contribution in [-0.2, 0) is 6.54 Å². The standard InChI is InChI=1S/C16H14Br2N2/c1-10-5-14(17)16(15(18)6-10)20-9-13-4-3-12(8-19)7-11(13)2/h3-7,20H,9H2,1-2H3. The minimum absolute atomic E-state index is 0.698. The summed E-state index contributed by atoms with van der Waals surface area (Å²) in [5, 5.41) is 12.3. The lowest BCUT2D eigenvalue weighted by Gasteiger charge is -2.13. The van der Waals surface area contributed by atoms with Gasteiger partial charge in [0, 0.05) is 15.5 Å². The molecule has 2 aromatic carbocycles. The largest absolute Gasteiger partial charge is 0.379 e. The number of halogens is 2. The molecule has 0 heterocycles. The second kappa shape index (κ2) is 6.43. The number of rotatable bonds is 3. The van der Waals surface area contributed by atoms with Gasteiger partial charge in [-0.1, -0.05) is 6.07 Å². The Morgan fingerprint density at radius 3 is 2.30 bits per heavy atom. The van der Waals surface area contributed by atoms with Crippen LogP contribution in [0.4, 0.5) is 5.69 Å². The van der Waals surface area contributed by atoms with Crippen LogP contribution >= 0.6 is 31.9 Å². The van der Waals surface area contributed by atoms with Crippen molar-refractivity contribution in [2.24, 2.45) is 0 Å². The molecule has 0 saturated heterocycles. The van der Waals surface area contributed by atoms with Crippen molar-refractivity contribution < 1.29 is 0 Å². The van der Waals surface area contributed by atoms with Gasteiger partial charge in [0.1, 0.15) is 0 Å². The first-order valence-corrected chi connectivity index (χ1v) is 7.79. The third kappa shape index (κ3) is 3.41. The summed E-state index contributed by atoms with van der Waals surface area (Å²) >= 11 is 7.15. The van der Waals surface area contributed by atoms with Gasteiger partial charge < -0.3 is 5.32 Å².